The Bertz CT molecular complexity index is 1150. The van der Waals surface area contributed by atoms with Gasteiger partial charge in [0.1, 0.15) is 12.7 Å². The summed E-state index contributed by atoms with van der Waals surface area (Å²) in [5.41, 5.74) is 0.279. The summed E-state index contributed by atoms with van der Waals surface area (Å²) in [5.74, 6) is 0.397. The number of carbonyl (C=O) groups excluding carboxylic acids is 3. The summed E-state index contributed by atoms with van der Waals surface area (Å²) < 4.78 is 11.4. The lowest BCUT2D eigenvalue weighted by Gasteiger charge is -2.70. The van der Waals surface area contributed by atoms with E-state index < -0.39 is 5.41 Å². The molecule has 5 rings (SSSR count). The molecule has 0 aromatic carbocycles. The Morgan fingerprint density at radius 1 is 0.975 bits per heavy atom. The molecule has 0 amide bonds. The highest BCUT2D eigenvalue weighted by atomic mass is 16.5. The van der Waals surface area contributed by atoms with Crippen molar-refractivity contribution in [1.29, 1.82) is 0 Å². The van der Waals surface area contributed by atoms with Crippen LogP contribution in [0.1, 0.15) is 113 Å². The van der Waals surface area contributed by atoms with Crippen LogP contribution in [0, 0.1) is 50.2 Å². The van der Waals surface area contributed by atoms with Crippen molar-refractivity contribution in [2.45, 2.75) is 119 Å². The maximum Gasteiger partial charge on any atom is 0.312 e. The largest absolute Gasteiger partial charge is 0.462 e. The molecule has 0 aromatic rings. The predicted octanol–water partition coefficient (Wildman–Crippen LogP) is 7.63. The standard InChI is InChI=1S/C35H52O5/c1-10-19-39-29(38)32(6)16-15-31(5)17-18-34(8)23(24(31)21-32)20-25(37)28-33(7)13-12-27(40-22(2)36)30(3,4)26(33)11-14-35(28,34)9/h10,20,24,26-28H,1,11-19,21H2,2-9H3/t24-,26-,27-,28+,31+,32+,33+,34+,35-/m0/s1. The van der Waals surface area contributed by atoms with Crippen LogP contribution >= 0.6 is 0 Å². The molecule has 9 atom stereocenters. The van der Waals surface area contributed by atoms with Crippen molar-refractivity contribution in [3.63, 3.8) is 0 Å². The lowest BCUT2D eigenvalue weighted by Crippen LogP contribution is -2.66. The van der Waals surface area contributed by atoms with Crippen LogP contribution in [-0.2, 0) is 23.9 Å². The molecule has 0 aromatic heterocycles. The molecular weight excluding hydrogens is 500 g/mol. The monoisotopic (exact) mass is 552 g/mol. The van der Waals surface area contributed by atoms with Gasteiger partial charge in [-0.1, -0.05) is 59.8 Å². The van der Waals surface area contributed by atoms with Crippen molar-refractivity contribution in [3.8, 4) is 0 Å². The molecule has 0 spiro atoms. The third kappa shape index (κ3) is 3.95. The van der Waals surface area contributed by atoms with Crippen molar-refractivity contribution in [1.82, 2.24) is 0 Å². The first-order valence-electron chi connectivity index (χ1n) is 15.7. The number of ether oxygens (including phenoxy) is 2. The average molecular weight is 553 g/mol. The van der Waals surface area contributed by atoms with E-state index in [1.165, 1.54) is 12.5 Å². The number of rotatable bonds is 4. The predicted molar refractivity (Wildman–Crippen MR) is 156 cm³/mol. The summed E-state index contributed by atoms with van der Waals surface area (Å²) in [6.45, 7) is 21.6. The van der Waals surface area contributed by atoms with Gasteiger partial charge in [0.2, 0.25) is 0 Å². The molecule has 5 heteroatoms. The molecule has 0 N–H and O–H groups in total. The van der Waals surface area contributed by atoms with Crippen LogP contribution in [0.2, 0.25) is 0 Å². The number of hydrogen-bond donors (Lipinski definition) is 0. The summed E-state index contributed by atoms with van der Waals surface area (Å²) >= 11 is 0. The minimum Gasteiger partial charge on any atom is -0.462 e. The number of ketones is 1. The molecule has 0 bridgehead atoms. The van der Waals surface area contributed by atoms with E-state index >= 15 is 0 Å². The minimum atomic E-state index is -0.546. The molecule has 4 saturated carbocycles. The van der Waals surface area contributed by atoms with Gasteiger partial charge in [-0.05, 0) is 104 Å². The van der Waals surface area contributed by atoms with Gasteiger partial charge < -0.3 is 9.47 Å². The summed E-state index contributed by atoms with van der Waals surface area (Å²) in [7, 11) is 0. The molecule has 0 heterocycles. The lowest BCUT2D eigenvalue weighted by atomic mass is 9.33. The fourth-order valence-electron chi connectivity index (χ4n) is 11.1. The van der Waals surface area contributed by atoms with Crippen molar-refractivity contribution in [3.05, 3.63) is 24.3 Å². The van der Waals surface area contributed by atoms with Gasteiger partial charge in [0.15, 0.2) is 5.78 Å². The maximum atomic E-state index is 14.5. The molecule has 4 fully saturated rings. The highest BCUT2D eigenvalue weighted by Gasteiger charge is 2.70. The van der Waals surface area contributed by atoms with Crippen LogP contribution in [0.25, 0.3) is 0 Å². The van der Waals surface area contributed by atoms with Crippen LogP contribution in [-0.4, -0.2) is 30.4 Å². The van der Waals surface area contributed by atoms with Gasteiger partial charge >= 0.3 is 11.9 Å². The molecular formula is C35H52O5. The molecule has 222 valence electrons. The van der Waals surface area contributed by atoms with E-state index in [9.17, 15) is 14.4 Å². The summed E-state index contributed by atoms with van der Waals surface area (Å²) in [6.07, 6.45) is 12.1. The number of hydrogen-bond acceptors (Lipinski definition) is 5. The van der Waals surface area contributed by atoms with Gasteiger partial charge in [-0.3, -0.25) is 14.4 Å². The van der Waals surface area contributed by atoms with Crippen LogP contribution < -0.4 is 0 Å². The first-order chi connectivity index (χ1) is 18.5. The van der Waals surface area contributed by atoms with Crippen LogP contribution in [0.3, 0.4) is 0 Å². The number of fused-ring (bicyclic) bond motifs is 7. The molecule has 5 aliphatic rings. The van der Waals surface area contributed by atoms with Gasteiger partial charge in [0.25, 0.3) is 0 Å². The van der Waals surface area contributed by atoms with Crippen LogP contribution in [0.5, 0.6) is 0 Å². The van der Waals surface area contributed by atoms with E-state index in [1.807, 2.05) is 0 Å². The Morgan fingerprint density at radius 3 is 2.30 bits per heavy atom. The van der Waals surface area contributed by atoms with E-state index in [4.69, 9.17) is 9.47 Å². The first kappa shape index (κ1) is 29.6. The van der Waals surface area contributed by atoms with Crippen molar-refractivity contribution in [2.75, 3.05) is 6.61 Å². The Morgan fingerprint density at radius 2 is 1.65 bits per heavy atom. The van der Waals surface area contributed by atoms with Crippen molar-refractivity contribution < 1.29 is 23.9 Å². The second-order valence-corrected chi connectivity index (χ2v) is 16.1. The zero-order valence-corrected chi connectivity index (χ0v) is 26.3. The molecule has 0 radical (unpaired) electrons. The zero-order chi connectivity index (χ0) is 29.5. The summed E-state index contributed by atoms with van der Waals surface area (Å²) in [4.78, 5) is 39.7. The van der Waals surface area contributed by atoms with Gasteiger partial charge in [-0.15, -0.1) is 0 Å². The van der Waals surface area contributed by atoms with Gasteiger partial charge in [0.05, 0.1) is 5.41 Å². The van der Waals surface area contributed by atoms with Crippen molar-refractivity contribution in [2.24, 2.45) is 50.2 Å². The van der Waals surface area contributed by atoms with Crippen LogP contribution in [0.15, 0.2) is 24.3 Å². The lowest BCUT2D eigenvalue weighted by molar-refractivity contribution is -0.210. The molecule has 0 unspecified atom stereocenters. The SMILES string of the molecule is C=CCOC(=O)[C@]1(C)CC[C@]2(C)CC[C@]3(C)C(=CC(=O)[C@@H]4[C@]5(C)CC[C@H](OC(C)=O)C(C)(C)[C@@H]5CC[C@@]43C)[C@@H]2C1. The van der Waals surface area contributed by atoms with E-state index in [1.54, 1.807) is 6.08 Å². The third-order valence-electron chi connectivity index (χ3n) is 13.6. The van der Waals surface area contributed by atoms with E-state index in [2.05, 4.69) is 61.1 Å². The minimum absolute atomic E-state index is 0.0538. The second-order valence-electron chi connectivity index (χ2n) is 16.1. The first-order valence-corrected chi connectivity index (χ1v) is 15.7. The molecule has 5 nitrogen and oxygen atoms in total. The normalized spacial score (nSPS) is 47.4. The fraction of sp³-hybridized carbons (Fsp3) is 0.800. The number of esters is 2. The number of allylic oxidation sites excluding steroid dienone is 2. The topological polar surface area (TPSA) is 69.7 Å². The summed E-state index contributed by atoms with van der Waals surface area (Å²) in [6, 6.07) is 0. The van der Waals surface area contributed by atoms with Gasteiger partial charge in [0, 0.05) is 18.3 Å². The summed E-state index contributed by atoms with van der Waals surface area (Å²) in [5, 5.41) is 0. The Hall–Kier alpha value is -1.91. The molecule has 0 saturated heterocycles. The second kappa shape index (κ2) is 9.30. The average Bonchev–Trinajstić information content (AvgIpc) is 2.86. The Kier molecular flexibility index (Phi) is 6.87. The third-order valence-corrected chi connectivity index (χ3v) is 13.6. The quantitative estimate of drug-likeness (QED) is 0.265. The Balaban J connectivity index is 1.54. The smallest absolute Gasteiger partial charge is 0.312 e. The van der Waals surface area contributed by atoms with Crippen molar-refractivity contribution >= 4 is 17.7 Å². The zero-order valence-electron chi connectivity index (χ0n) is 26.3. The molecule has 5 aliphatic carbocycles. The van der Waals surface area contributed by atoms with Gasteiger partial charge in [-0.2, -0.15) is 0 Å². The van der Waals surface area contributed by atoms with Crippen LogP contribution in [0.4, 0.5) is 0 Å². The Labute approximate surface area is 241 Å². The van der Waals surface area contributed by atoms with E-state index in [-0.39, 0.29) is 69.3 Å². The van der Waals surface area contributed by atoms with Gasteiger partial charge in [-0.25, -0.2) is 0 Å². The molecule has 0 aliphatic heterocycles. The maximum absolute atomic E-state index is 14.5. The number of carbonyl (C=O) groups is 3. The van der Waals surface area contributed by atoms with E-state index in [0.29, 0.717) is 5.92 Å². The highest BCUT2D eigenvalue weighted by Crippen LogP contribution is 2.75. The fourth-order valence-corrected chi connectivity index (χ4v) is 11.1. The highest BCUT2D eigenvalue weighted by molar-refractivity contribution is 5.95. The van der Waals surface area contributed by atoms with E-state index in [0.717, 1.165) is 57.8 Å². The molecule has 40 heavy (non-hydrogen) atoms.